The van der Waals surface area contributed by atoms with E-state index in [9.17, 15) is 4.39 Å². The molecule has 1 aromatic rings. The minimum Gasteiger partial charge on any atom is -0.310 e. The average molecular weight is 270 g/mol. The van der Waals surface area contributed by atoms with Gasteiger partial charge in [0.25, 0.3) is 0 Å². The standard InChI is InChI=1S/C15H21ClFN/c1-4-5-18-15(11-6-9(11)2)12-7-10(3)14(17)8-13(12)16/h7-9,11,15,18H,4-6H2,1-3H3. The van der Waals surface area contributed by atoms with Crippen LogP contribution in [0.2, 0.25) is 5.02 Å². The lowest BCUT2D eigenvalue weighted by molar-refractivity contribution is 0.462. The van der Waals surface area contributed by atoms with E-state index in [4.69, 9.17) is 11.6 Å². The number of halogens is 2. The highest BCUT2D eigenvalue weighted by Crippen LogP contribution is 2.48. The molecule has 0 bridgehead atoms. The van der Waals surface area contributed by atoms with E-state index < -0.39 is 0 Å². The minimum atomic E-state index is -0.221. The van der Waals surface area contributed by atoms with Crippen molar-refractivity contribution in [3.8, 4) is 0 Å². The summed E-state index contributed by atoms with van der Waals surface area (Å²) in [6.45, 7) is 7.18. The van der Waals surface area contributed by atoms with Crippen molar-refractivity contribution in [3.63, 3.8) is 0 Å². The Kier molecular flexibility index (Phi) is 4.29. The van der Waals surface area contributed by atoms with Gasteiger partial charge in [0.1, 0.15) is 5.82 Å². The highest BCUT2D eigenvalue weighted by atomic mass is 35.5. The minimum absolute atomic E-state index is 0.221. The highest BCUT2D eigenvalue weighted by Gasteiger charge is 2.40. The van der Waals surface area contributed by atoms with Gasteiger partial charge in [0.05, 0.1) is 0 Å². The smallest absolute Gasteiger partial charge is 0.127 e. The fourth-order valence-electron chi connectivity index (χ4n) is 2.53. The van der Waals surface area contributed by atoms with Crippen molar-refractivity contribution >= 4 is 11.6 Å². The third kappa shape index (κ3) is 2.86. The first-order valence-electron chi connectivity index (χ1n) is 6.73. The van der Waals surface area contributed by atoms with E-state index in [2.05, 4.69) is 19.2 Å². The largest absolute Gasteiger partial charge is 0.310 e. The second kappa shape index (κ2) is 5.58. The maximum atomic E-state index is 13.5. The van der Waals surface area contributed by atoms with Crippen LogP contribution in [0.3, 0.4) is 0 Å². The van der Waals surface area contributed by atoms with E-state index in [1.165, 1.54) is 12.5 Å². The maximum Gasteiger partial charge on any atom is 0.127 e. The summed E-state index contributed by atoms with van der Waals surface area (Å²) in [5, 5.41) is 4.11. The van der Waals surface area contributed by atoms with Crippen molar-refractivity contribution in [2.75, 3.05) is 6.54 Å². The van der Waals surface area contributed by atoms with Crippen LogP contribution in [0.4, 0.5) is 4.39 Å². The normalized spacial score (nSPS) is 24.1. The highest BCUT2D eigenvalue weighted by molar-refractivity contribution is 6.31. The van der Waals surface area contributed by atoms with Gasteiger partial charge in [0.15, 0.2) is 0 Å². The predicted octanol–water partition coefficient (Wildman–Crippen LogP) is 4.48. The topological polar surface area (TPSA) is 12.0 Å². The summed E-state index contributed by atoms with van der Waals surface area (Å²) in [6, 6.07) is 3.61. The molecule has 1 fully saturated rings. The van der Waals surface area contributed by atoms with Crippen molar-refractivity contribution in [2.24, 2.45) is 11.8 Å². The Hall–Kier alpha value is -0.600. The predicted molar refractivity (Wildman–Crippen MR) is 74.5 cm³/mol. The van der Waals surface area contributed by atoms with E-state index in [0.29, 0.717) is 16.5 Å². The van der Waals surface area contributed by atoms with Gasteiger partial charge in [0.2, 0.25) is 0 Å². The number of nitrogens with one attached hydrogen (secondary N) is 1. The fourth-order valence-corrected chi connectivity index (χ4v) is 2.79. The molecule has 0 radical (unpaired) electrons. The van der Waals surface area contributed by atoms with Gasteiger partial charge >= 0.3 is 0 Å². The van der Waals surface area contributed by atoms with Crippen LogP contribution >= 0.6 is 11.6 Å². The Bertz CT molecular complexity index is 433. The van der Waals surface area contributed by atoms with Crippen molar-refractivity contribution in [2.45, 2.75) is 39.7 Å². The van der Waals surface area contributed by atoms with E-state index in [1.807, 2.05) is 6.07 Å². The van der Waals surface area contributed by atoms with Gasteiger partial charge in [0, 0.05) is 11.1 Å². The van der Waals surface area contributed by atoms with Crippen LogP contribution < -0.4 is 5.32 Å². The molecule has 3 heteroatoms. The maximum absolute atomic E-state index is 13.5. The number of hydrogen-bond acceptors (Lipinski definition) is 1. The zero-order valence-electron chi connectivity index (χ0n) is 11.3. The second-order valence-electron chi connectivity index (χ2n) is 5.43. The fraction of sp³-hybridized carbons (Fsp3) is 0.600. The van der Waals surface area contributed by atoms with Gasteiger partial charge in [-0.05, 0) is 55.3 Å². The molecule has 1 saturated carbocycles. The monoisotopic (exact) mass is 269 g/mol. The molecule has 18 heavy (non-hydrogen) atoms. The molecule has 1 nitrogen and oxygen atoms in total. The van der Waals surface area contributed by atoms with Crippen molar-refractivity contribution in [1.82, 2.24) is 5.32 Å². The molecule has 1 aliphatic carbocycles. The van der Waals surface area contributed by atoms with Gasteiger partial charge in [-0.3, -0.25) is 0 Å². The first-order chi connectivity index (χ1) is 8.54. The number of benzene rings is 1. The van der Waals surface area contributed by atoms with Gasteiger partial charge in [-0.15, -0.1) is 0 Å². The molecule has 0 heterocycles. The summed E-state index contributed by atoms with van der Waals surface area (Å²) in [6.07, 6.45) is 2.32. The Morgan fingerprint density at radius 2 is 2.17 bits per heavy atom. The summed E-state index contributed by atoms with van der Waals surface area (Å²) in [5.41, 5.74) is 1.73. The molecule has 2 rings (SSSR count). The summed E-state index contributed by atoms with van der Waals surface area (Å²) >= 11 is 6.21. The zero-order chi connectivity index (χ0) is 13.3. The van der Waals surface area contributed by atoms with Gasteiger partial charge in [-0.25, -0.2) is 4.39 Å². The Morgan fingerprint density at radius 1 is 1.50 bits per heavy atom. The number of hydrogen-bond donors (Lipinski definition) is 1. The Balaban J connectivity index is 2.27. The molecule has 0 amide bonds. The zero-order valence-corrected chi connectivity index (χ0v) is 12.0. The molecule has 0 aromatic heterocycles. The lowest BCUT2D eigenvalue weighted by atomic mass is 9.98. The SMILES string of the molecule is CCCNC(c1cc(C)c(F)cc1Cl)C1CC1C. The van der Waals surface area contributed by atoms with E-state index >= 15 is 0 Å². The molecule has 1 N–H and O–H groups in total. The van der Waals surface area contributed by atoms with Gasteiger partial charge in [-0.2, -0.15) is 0 Å². The summed E-state index contributed by atoms with van der Waals surface area (Å²) in [5.74, 6) is 1.15. The van der Waals surface area contributed by atoms with E-state index in [0.717, 1.165) is 24.4 Å². The Morgan fingerprint density at radius 3 is 2.72 bits per heavy atom. The first-order valence-corrected chi connectivity index (χ1v) is 7.11. The molecular weight excluding hydrogens is 249 g/mol. The van der Waals surface area contributed by atoms with Crippen LogP contribution in [0.25, 0.3) is 0 Å². The first kappa shape index (κ1) is 13.8. The average Bonchev–Trinajstić information content (AvgIpc) is 3.03. The van der Waals surface area contributed by atoms with Crippen LogP contribution in [-0.4, -0.2) is 6.54 Å². The molecule has 0 spiro atoms. The van der Waals surface area contributed by atoms with E-state index in [1.54, 1.807) is 6.92 Å². The molecular formula is C15H21ClFN. The molecule has 0 saturated heterocycles. The number of rotatable bonds is 5. The number of aryl methyl sites for hydroxylation is 1. The molecule has 1 aliphatic rings. The van der Waals surface area contributed by atoms with Crippen molar-refractivity contribution < 1.29 is 4.39 Å². The van der Waals surface area contributed by atoms with Gasteiger partial charge in [-0.1, -0.05) is 31.5 Å². The van der Waals surface area contributed by atoms with Crippen LogP contribution in [0.5, 0.6) is 0 Å². The molecule has 3 atom stereocenters. The molecule has 100 valence electrons. The third-order valence-electron chi connectivity index (χ3n) is 3.83. The molecule has 1 aromatic carbocycles. The molecule has 0 aliphatic heterocycles. The lowest BCUT2D eigenvalue weighted by Gasteiger charge is -2.21. The summed E-state index contributed by atoms with van der Waals surface area (Å²) in [7, 11) is 0. The summed E-state index contributed by atoms with van der Waals surface area (Å²) in [4.78, 5) is 0. The van der Waals surface area contributed by atoms with E-state index in [-0.39, 0.29) is 11.9 Å². The third-order valence-corrected chi connectivity index (χ3v) is 4.15. The quantitative estimate of drug-likeness (QED) is 0.831. The van der Waals surface area contributed by atoms with Crippen LogP contribution in [-0.2, 0) is 0 Å². The van der Waals surface area contributed by atoms with Crippen LogP contribution in [0.15, 0.2) is 12.1 Å². The summed E-state index contributed by atoms with van der Waals surface area (Å²) < 4.78 is 13.5. The lowest BCUT2D eigenvalue weighted by Crippen LogP contribution is -2.25. The van der Waals surface area contributed by atoms with Crippen molar-refractivity contribution in [3.05, 3.63) is 34.1 Å². The van der Waals surface area contributed by atoms with Gasteiger partial charge < -0.3 is 5.32 Å². The second-order valence-corrected chi connectivity index (χ2v) is 5.84. The van der Waals surface area contributed by atoms with Crippen molar-refractivity contribution in [1.29, 1.82) is 0 Å². The van der Waals surface area contributed by atoms with Crippen LogP contribution in [0, 0.1) is 24.6 Å². The Labute approximate surface area is 114 Å². The van der Waals surface area contributed by atoms with Crippen LogP contribution in [0.1, 0.15) is 43.9 Å². The molecule has 3 unspecified atom stereocenters.